The van der Waals surface area contributed by atoms with Gasteiger partial charge in [0.25, 0.3) is 0 Å². The summed E-state index contributed by atoms with van der Waals surface area (Å²) in [4.78, 5) is 15.8. The third-order valence-corrected chi connectivity index (χ3v) is 4.54. The molecule has 1 aliphatic carbocycles. The van der Waals surface area contributed by atoms with Crippen LogP contribution in [0.4, 0.5) is 0 Å². The van der Waals surface area contributed by atoms with Gasteiger partial charge in [0, 0.05) is 12.1 Å². The fourth-order valence-corrected chi connectivity index (χ4v) is 2.89. The number of carboxylic acids is 1. The van der Waals surface area contributed by atoms with Gasteiger partial charge < -0.3 is 20.2 Å². The zero-order valence-electron chi connectivity index (χ0n) is 13.5. The highest BCUT2D eigenvalue weighted by molar-refractivity contribution is 5.73. The van der Waals surface area contributed by atoms with E-state index in [1.807, 2.05) is 0 Å². The van der Waals surface area contributed by atoms with E-state index >= 15 is 0 Å². The van der Waals surface area contributed by atoms with Crippen molar-refractivity contribution in [3.05, 3.63) is 0 Å². The van der Waals surface area contributed by atoms with Crippen molar-refractivity contribution < 1.29 is 9.90 Å². The SMILES string of the molecule is CCCNC(CCN(C)CC1(N(C)C)CCC1)C(=O)O. The molecule has 1 aliphatic rings. The summed E-state index contributed by atoms with van der Waals surface area (Å²) in [5.74, 6) is -0.738. The Balaban J connectivity index is 2.37. The molecule has 0 spiro atoms. The number of carbonyl (C=O) groups is 1. The Bertz CT molecular complexity index is 303. The largest absolute Gasteiger partial charge is 0.480 e. The highest BCUT2D eigenvalue weighted by atomic mass is 16.4. The smallest absolute Gasteiger partial charge is 0.320 e. The van der Waals surface area contributed by atoms with Crippen LogP contribution in [0.1, 0.15) is 39.0 Å². The van der Waals surface area contributed by atoms with E-state index in [2.05, 4.69) is 43.2 Å². The van der Waals surface area contributed by atoms with Crippen LogP contribution in [-0.2, 0) is 4.79 Å². The van der Waals surface area contributed by atoms with Crippen molar-refractivity contribution in [2.45, 2.75) is 50.6 Å². The van der Waals surface area contributed by atoms with E-state index in [-0.39, 0.29) is 0 Å². The van der Waals surface area contributed by atoms with Gasteiger partial charge in [0.1, 0.15) is 6.04 Å². The zero-order chi connectivity index (χ0) is 15.2. The Morgan fingerprint density at radius 2 is 2.00 bits per heavy atom. The zero-order valence-corrected chi connectivity index (χ0v) is 13.5. The molecule has 0 aromatic rings. The lowest BCUT2D eigenvalue weighted by atomic mass is 9.75. The Kier molecular flexibility index (Phi) is 6.92. The molecule has 0 heterocycles. The molecule has 0 aromatic carbocycles. The van der Waals surface area contributed by atoms with Gasteiger partial charge in [-0.25, -0.2) is 0 Å². The minimum Gasteiger partial charge on any atom is -0.480 e. The molecule has 1 saturated carbocycles. The monoisotopic (exact) mass is 285 g/mol. The third kappa shape index (κ3) is 4.72. The number of aliphatic carboxylic acids is 1. The van der Waals surface area contributed by atoms with Crippen LogP contribution >= 0.6 is 0 Å². The molecule has 1 atom stereocenters. The average Bonchev–Trinajstić information content (AvgIpc) is 2.32. The number of rotatable bonds is 10. The summed E-state index contributed by atoms with van der Waals surface area (Å²) < 4.78 is 0. The van der Waals surface area contributed by atoms with Gasteiger partial charge in [-0.3, -0.25) is 4.79 Å². The Morgan fingerprint density at radius 1 is 1.35 bits per heavy atom. The van der Waals surface area contributed by atoms with Gasteiger partial charge in [0.2, 0.25) is 0 Å². The van der Waals surface area contributed by atoms with Crippen molar-refractivity contribution in [2.24, 2.45) is 0 Å². The molecular formula is C15H31N3O2. The van der Waals surface area contributed by atoms with Crippen LogP contribution in [0.3, 0.4) is 0 Å². The maximum Gasteiger partial charge on any atom is 0.320 e. The topological polar surface area (TPSA) is 55.8 Å². The molecule has 0 radical (unpaired) electrons. The average molecular weight is 285 g/mol. The van der Waals surface area contributed by atoms with Crippen LogP contribution in [0.15, 0.2) is 0 Å². The van der Waals surface area contributed by atoms with Crippen molar-refractivity contribution in [1.29, 1.82) is 0 Å². The molecule has 0 amide bonds. The molecule has 1 unspecified atom stereocenters. The molecule has 0 aliphatic heterocycles. The molecule has 2 N–H and O–H groups in total. The fraction of sp³-hybridized carbons (Fsp3) is 0.933. The molecule has 118 valence electrons. The number of likely N-dealkylation sites (N-methyl/N-ethyl adjacent to an activating group) is 2. The highest BCUT2D eigenvalue weighted by Gasteiger charge is 2.39. The molecular weight excluding hydrogens is 254 g/mol. The highest BCUT2D eigenvalue weighted by Crippen LogP contribution is 2.36. The minimum absolute atomic E-state index is 0.310. The number of hydrogen-bond acceptors (Lipinski definition) is 4. The number of hydrogen-bond donors (Lipinski definition) is 2. The second kappa shape index (κ2) is 7.96. The fourth-order valence-electron chi connectivity index (χ4n) is 2.89. The van der Waals surface area contributed by atoms with Gasteiger partial charge in [-0.15, -0.1) is 0 Å². The molecule has 20 heavy (non-hydrogen) atoms. The first-order valence-corrected chi connectivity index (χ1v) is 7.73. The minimum atomic E-state index is -0.738. The maximum atomic E-state index is 11.2. The van der Waals surface area contributed by atoms with E-state index in [9.17, 15) is 9.90 Å². The van der Waals surface area contributed by atoms with Crippen LogP contribution in [0.25, 0.3) is 0 Å². The van der Waals surface area contributed by atoms with E-state index in [0.29, 0.717) is 12.0 Å². The molecule has 0 aromatic heterocycles. The Morgan fingerprint density at radius 3 is 2.40 bits per heavy atom. The first-order chi connectivity index (χ1) is 9.41. The second-order valence-electron chi connectivity index (χ2n) is 6.34. The molecule has 0 bridgehead atoms. The lowest BCUT2D eigenvalue weighted by Crippen LogP contribution is -2.57. The lowest BCUT2D eigenvalue weighted by Gasteiger charge is -2.49. The Labute approximate surface area is 123 Å². The summed E-state index contributed by atoms with van der Waals surface area (Å²) in [6, 6.07) is -0.422. The Hall–Kier alpha value is -0.650. The van der Waals surface area contributed by atoms with E-state index in [4.69, 9.17) is 0 Å². The van der Waals surface area contributed by atoms with Crippen molar-refractivity contribution in [3.8, 4) is 0 Å². The van der Waals surface area contributed by atoms with E-state index < -0.39 is 12.0 Å². The summed E-state index contributed by atoms with van der Waals surface area (Å²) in [6.07, 6.45) is 5.43. The molecule has 0 saturated heterocycles. The molecule has 1 fully saturated rings. The van der Waals surface area contributed by atoms with Gasteiger partial charge >= 0.3 is 5.97 Å². The molecule has 5 nitrogen and oxygen atoms in total. The van der Waals surface area contributed by atoms with Gasteiger partial charge in [-0.05, 0) is 66.3 Å². The molecule has 5 heteroatoms. The standard InChI is InChI=1S/C15H31N3O2/c1-5-10-16-13(14(19)20)7-11-18(4)12-15(17(2)3)8-6-9-15/h13,16H,5-12H2,1-4H3,(H,19,20). The van der Waals surface area contributed by atoms with Crippen molar-refractivity contribution >= 4 is 5.97 Å². The molecule has 1 rings (SSSR count). The first kappa shape index (κ1) is 17.4. The van der Waals surface area contributed by atoms with Gasteiger partial charge in [-0.1, -0.05) is 6.92 Å². The van der Waals surface area contributed by atoms with E-state index in [1.165, 1.54) is 19.3 Å². The summed E-state index contributed by atoms with van der Waals surface area (Å²) in [5.41, 5.74) is 0.310. The van der Waals surface area contributed by atoms with Crippen LogP contribution < -0.4 is 5.32 Å². The number of nitrogens with zero attached hydrogens (tertiary/aromatic N) is 2. The normalized spacial score (nSPS) is 19.1. The predicted octanol–water partition coefficient (Wildman–Crippen LogP) is 1.25. The summed E-state index contributed by atoms with van der Waals surface area (Å²) >= 11 is 0. The van der Waals surface area contributed by atoms with Crippen LogP contribution in [0.5, 0.6) is 0 Å². The summed E-state index contributed by atoms with van der Waals surface area (Å²) in [5, 5.41) is 12.3. The number of nitrogens with one attached hydrogen (secondary N) is 1. The van der Waals surface area contributed by atoms with Crippen LogP contribution in [-0.4, -0.2) is 73.2 Å². The van der Waals surface area contributed by atoms with Gasteiger partial charge in [0.15, 0.2) is 0 Å². The predicted molar refractivity (Wildman–Crippen MR) is 82.1 cm³/mol. The van der Waals surface area contributed by atoms with E-state index in [0.717, 1.165) is 26.1 Å². The van der Waals surface area contributed by atoms with Crippen LogP contribution in [0, 0.1) is 0 Å². The van der Waals surface area contributed by atoms with Crippen molar-refractivity contribution in [2.75, 3.05) is 40.8 Å². The first-order valence-electron chi connectivity index (χ1n) is 7.73. The van der Waals surface area contributed by atoms with Crippen LogP contribution in [0.2, 0.25) is 0 Å². The number of carboxylic acid groups (broad SMARTS) is 1. The lowest BCUT2D eigenvalue weighted by molar-refractivity contribution is -0.139. The van der Waals surface area contributed by atoms with Crippen molar-refractivity contribution in [3.63, 3.8) is 0 Å². The maximum absolute atomic E-state index is 11.2. The van der Waals surface area contributed by atoms with E-state index in [1.54, 1.807) is 0 Å². The van der Waals surface area contributed by atoms with Crippen molar-refractivity contribution in [1.82, 2.24) is 15.1 Å². The second-order valence-corrected chi connectivity index (χ2v) is 6.34. The summed E-state index contributed by atoms with van der Waals surface area (Å²) in [7, 11) is 6.40. The third-order valence-electron chi connectivity index (χ3n) is 4.54. The van der Waals surface area contributed by atoms with Gasteiger partial charge in [0.05, 0.1) is 0 Å². The summed E-state index contributed by atoms with van der Waals surface area (Å²) in [6.45, 7) is 4.67. The quantitative estimate of drug-likeness (QED) is 0.632. The van der Waals surface area contributed by atoms with Gasteiger partial charge in [-0.2, -0.15) is 0 Å².